The molecule has 0 unspecified atom stereocenters. The number of rotatable bonds is 10. The van der Waals surface area contributed by atoms with Crippen molar-refractivity contribution in [2.45, 2.75) is 65.3 Å². The zero-order valence-corrected chi connectivity index (χ0v) is 19.8. The second-order valence-electron chi connectivity index (χ2n) is 7.39. The molecule has 1 fully saturated rings. The van der Waals surface area contributed by atoms with Gasteiger partial charge in [0, 0.05) is 32.4 Å². The molecule has 2 N–H and O–H groups in total. The summed E-state index contributed by atoms with van der Waals surface area (Å²) in [4.78, 5) is 6.93. The third-order valence-corrected chi connectivity index (χ3v) is 5.06. The lowest BCUT2D eigenvalue weighted by molar-refractivity contribution is 0.224. The second kappa shape index (κ2) is 14.2. The fourth-order valence-electron chi connectivity index (χ4n) is 3.58. The molecule has 2 heterocycles. The summed E-state index contributed by atoms with van der Waals surface area (Å²) in [6.45, 7) is 10.9. The minimum Gasteiger partial charge on any atom is -0.356 e. The predicted molar refractivity (Wildman–Crippen MR) is 125 cm³/mol. The zero-order chi connectivity index (χ0) is 18.6. The lowest BCUT2D eigenvalue weighted by Gasteiger charge is -2.26. The van der Waals surface area contributed by atoms with Crippen LogP contribution in [-0.4, -0.2) is 60.4 Å². The molecule has 7 heteroatoms. The number of unbranched alkanes of at least 4 members (excludes halogenated alkanes) is 2. The van der Waals surface area contributed by atoms with E-state index in [2.05, 4.69) is 43.3 Å². The van der Waals surface area contributed by atoms with Crippen LogP contribution in [0.2, 0.25) is 0 Å². The Hall–Kier alpha value is -0.830. The highest BCUT2D eigenvalue weighted by molar-refractivity contribution is 14.0. The van der Waals surface area contributed by atoms with Gasteiger partial charge in [-0.3, -0.25) is 9.67 Å². The summed E-state index contributed by atoms with van der Waals surface area (Å²) in [5, 5.41) is 11.3. The molecule has 1 saturated heterocycles. The van der Waals surface area contributed by atoms with E-state index in [-0.39, 0.29) is 24.0 Å². The van der Waals surface area contributed by atoms with Gasteiger partial charge in [-0.2, -0.15) is 5.10 Å². The topological polar surface area (TPSA) is 57.5 Å². The van der Waals surface area contributed by atoms with Gasteiger partial charge in [0.15, 0.2) is 5.96 Å². The highest BCUT2D eigenvalue weighted by Gasteiger charge is 2.08. The zero-order valence-electron chi connectivity index (χ0n) is 17.5. The first-order chi connectivity index (χ1) is 12.7. The summed E-state index contributed by atoms with van der Waals surface area (Å²) in [5.74, 6) is 0.911. The summed E-state index contributed by atoms with van der Waals surface area (Å²) >= 11 is 0. The number of halogens is 1. The van der Waals surface area contributed by atoms with Crippen LogP contribution in [0, 0.1) is 13.8 Å². The minimum absolute atomic E-state index is 0. The van der Waals surface area contributed by atoms with Crippen molar-refractivity contribution >= 4 is 29.9 Å². The number of nitrogens with zero attached hydrogens (tertiary/aromatic N) is 4. The summed E-state index contributed by atoms with van der Waals surface area (Å²) in [6.07, 6.45) is 9.06. The first-order valence-corrected chi connectivity index (χ1v) is 10.4. The number of likely N-dealkylation sites (tertiary alicyclic amines) is 1. The van der Waals surface area contributed by atoms with Crippen molar-refractivity contribution in [2.24, 2.45) is 4.99 Å². The Labute approximate surface area is 182 Å². The van der Waals surface area contributed by atoms with Gasteiger partial charge in [-0.15, -0.1) is 24.0 Å². The average Bonchev–Trinajstić information content (AvgIpc) is 2.97. The molecule has 1 aromatic heterocycles. The Morgan fingerprint density at radius 1 is 1.00 bits per heavy atom. The fourth-order valence-corrected chi connectivity index (χ4v) is 3.58. The van der Waals surface area contributed by atoms with E-state index >= 15 is 0 Å². The average molecular weight is 490 g/mol. The standard InChI is InChI=1S/C20H38N6.HI/c1-18-17-19(2)26(24-18)16-10-12-23-20(21-3)22-11-6-4-7-13-25-14-8-5-9-15-25;/h17H,4-16H2,1-3H3,(H2,21,22,23);1H. The van der Waals surface area contributed by atoms with Gasteiger partial charge in [0.2, 0.25) is 0 Å². The number of aliphatic imine (C=N–C) groups is 1. The van der Waals surface area contributed by atoms with Crippen LogP contribution in [-0.2, 0) is 6.54 Å². The van der Waals surface area contributed by atoms with Crippen LogP contribution in [0.25, 0.3) is 0 Å². The number of guanidine groups is 1. The third kappa shape index (κ3) is 9.78. The van der Waals surface area contributed by atoms with Gasteiger partial charge in [0.1, 0.15) is 0 Å². The molecule has 0 radical (unpaired) electrons. The van der Waals surface area contributed by atoms with Gasteiger partial charge in [0.25, 0.3) is 0 Å². The molecule has 156 valence electrons. The van der Waals surface area contributed by atoms with E-state index < -0.39 is 0 Å². The van der Waals surface area contributed by atoms with Crippen LogP contribution in [0.5, 0.6) is 0 Å². The Balaban J connectivity index is 0.00000364. The molecule has 0 bridgehead atoms. The van der Waals surface area contributed by atoms with Crippen LogP contribution in [0.1, 0.15) is 56.3 Å². The molecule has 6 nitrogen and oxygen atoms in total. The van der Waals surface area contributed by atoms with Crippen LogP contribution in [0.3, 0.4) is 0 Å². The van der Waals surface area contributed by atoms with E-state index in [4.69, 9.17) is 0 Å². The summed E-state index contributed by atoms with van der Waals surface area (Å²) in [6, 6.07) is 2.12. The molecular weight excluding hydrogens is 451 g/mol. The lowest BCUT2D eigenvalue weighted by atomic mass is 10.1. The van der Waals surface area contributed by atoms with Crippen molar-refractivity contribution in [1.29, 1.82) is 0 Å². The normalized spacial score (nSPS) is 15.4. The Morgan fingerprint density at radius 2 is 1.70 bits per heavy atom. The number of hydrogen-bond donors (Lipinski definition) is 2. The van der Waals surface area contributed by atoms with Crippen LogP contribution < -0.4 is 10.6 Å². The van der Waals surface area contributed by atoms with Crippen LogP contribution >= 0.6 is 24.0 Å². The summed E-state index contributed by atoms with van der Waals surface area (Å²) < 4.78 is 2.08. The van der Waals surface area contributed by atoms with E-state index in [0.717, 1.165) is 37.7 Å². The van der Waals surface area contributed by atoms with Crippen molar-refractivity contribution in [3.05, 3.63) is 17.5 Å². The number of aromatic nitrogens is 2. The largest absolute Gasteiger partial charge is 0.356 e. The highest BCUT2D eigenvalue weighted by Crippen LogP contribution is 2.09. The molecule has 0 amide bonds. The predicted octanol–water partition coefficient (Wildman–Crippen LogP) is 3.33. The number of nitrogens with one attached hydrogen (secondary N) is 2. The smallest absolute Gasteiger partial charge is 0.190 e. The monoisotopic (exact) mass is 490 g/mol. The Bertz CT molecular complexity index is 537. The summed E-state index contributed by atoms with van der Waals surface area (Å²) in [7, 11) is 1.84. The minimum atomic E-state index is 0. The van der Waals surface area contributed by atoms with Gasteiger partial charge in [-0.25, -0.2) is 0 Å². The van der Waals surface area contributed by atoms with Crippen molar-refractivity contribution < 1.29 is 0 Å². The van der Waals surface area contributed by atoms with Crippen molar-refractivity contribution in [2.75, 3.05) is 39.8 Å². The first kappa shape index (κ1) is 24.2. The molecule has 0 saturated carbocycles. The molecule has 1 aromatic rings. The fraction of sp³-hybridized carbons (Fsp3) is 0.800. The Morgan fingerprint density at radius 3 is 2.33 bits per heavy atom. The molecule has 1 aliphatic rings. The highest BCUT2D eigenvalue weighted by atomic mass is 127. The SMILES string of the molecule is CN=C(NCCCCCN1CCCCC1)NCCCn1nc(C)cc1C.I. The van der Waals surface area contributed by atoms with Gasteiger partial charge < -0.3 is 15.5 Å². The number of hydrogen-bond acceptors (Lipinski definition) is 3. The second-order valence-corrected chi connectivity index (χ2v) is 7.39. The van der Waals surface area contributed by atoms with E-state index in [0.29, 0.717) is 0 Å². The molecule has 27 heavy (non-hydrogen) atoms. The van der Waals surface area contributed by atoms with Gasteiger partial charge >= 0.3 is 0 Å². The maximum Gasteiger partial charge on any atom is 0.190 e. The van der Waals surface area contributed by atoms with Crippen LogP contribution in [0.4, 0.5) is 0 Å². The quantitative estimate of drug-likeness (QED) is 0.229. The molecule has 1 aliphatic heterocycles. The summed E-state index contributed by atoms with van der Waals surface area (Å²) in [5.41, 5.74) is 2.32. The van der Waals surface area contributed by atoms with Gasteiger partial charge in [0.05, 0.1) is 5.69 Å². The maximum absolute atomic E-state index is 4.50. The van der Waals surface area contributed by atoms with Crippen molar-refractivity contribution in [1.82, 2.24) is 25.3 Å². The van der Waals surface area contributed by atoms with E-state index in [1.807, 2.05) is 14.0 Å². The third-order valence-electron chi connectivity index (χ3n) is 5.06. The van der Waals surface area contributed by atoms with Gasteiger partial charge in [-0.1, -0.05) is 12.8 Å². The van der Waals surface area contributed by atoms with E-state index in [1.165, 1.54) is 63.9 Å². The number of piperidine rings is 1. The maximum atomic E-state index is 4.50. The molecule has 0 atom stereocenters. The van der Waals surface area contributed by atoms with E-state index in [1.54, 1.807) is 0 Å². The molecule has 2 rings (SSSR count). The van der Waals surface area contributed by atoms with Crippen molar-refractivity contribution in [3.8, 4) is 0 Å². The molecule has 0 aromatic carbocycles. The van der Waals surface area contributed by atoms with Crippen molar-refractivity contribution in [3.63, 3.8) is 0 Å². The van der Waals surface area contributed by atoms with E-state index in [9.17, 15) is 0 Å². The van der Waals surface area contributed by atoms with Crippen LogP contribution in [0.15, 0.2) is 11.1 Å². The molecule has 0 spiro atoms. The first-order valence-electron chi connectivity index (χ1n) is 10.4. The molecule has 0 aliphatic carbocycles. The molecular formula is C20H39IN6. The number of aryl methyl sites for hydroxylation is 3. The lowest BCUT2D eigenvalue weighted by Crippen LogP contribution is -2.38. The Kier molecular flexibility index (Phi) is 12.7. The van der Waals surface area contributed by atoms with Gasteiger partial charge in [-0.05, 0) is 71.7 Å².